The zero-order valence-corrected chi connectivity index (χ0v) is 16.3. The zero-order valence-electron chi connectivity index (χ0n) is 15.5. The van der Waals surface area contributed by atoms with E-state index in [1.165, 1.54) is 11.8 Å². The van der Waals surface area contributed by atoms with Crippen LogP contribution in [0, 0.1) is 5.92 Å². The molecule has 0 spiro atoms. The summed E-state index contributed by atoms with van der Waals surface area (Å²) in [7, 11) is 4.04. The van der Waals surface area contributed by atoms with Crippen molar-refractivity contribution in [2.24, 2.45) is 5.92 Å². The second-order valence-corrected chi connectivity index (χ2v) is 7.98. The minimum atomic E-state index is -0.217. The molecule has 0 fully saturated rings. The number of carbonyl (C=O) groups excluding carboxylic acids is 1. The number of thioether (sulfide) groups is 1. The average Bonchev–Trinajstić information content (AvgIpc) is 3.02. The first kappa shape index (κ1) is 17.1. The Morgan fingerprint density at radius 1 is 1.23 bits per heavy atom. The van der Waals surface area contributed by atoms with E-state index in [0.29, 0.717) is 17.5 Å². The molecule has 1 aliphatic carbocycles. The van der Waals surface area contributed by atoms with Crippen molar-refractivity contribution in [1.29, 1.82) is 0 Å². The van der Waals surface area contributed by atoms with Gasteiger partial charge in [0, 0.05) is 37.5 Å². The molecule has 2 heterocycles. The molecule has 6 nitrogen and oxygen atoms in total. The molecule has 2 aliphatic rings. The molecular formula is C19H23N5OS. The van der Waals surface area contributed by atoms with Crippen LogP contribution >= 0.6 is 11.8 Å². The van der Waals surface area contributed by atoms with E-state index in [9.17, 15) is 4.79 Å². The van der Waals surface area contributed by atoms with E-state index >= 15 is 0 Å². The van der Waals surface area contributed by atoms with E-state index in [1.54, 1.807) is 0 Å². The second-order valence-electron chi connectivity index (χ2n) is 7.21. The fourth-order valence-corrected chi connectivity index (χ4v) is 4.08. The minimum Gasteiger partial charge on any atom is -0.378 e. The first-order chi connectivity index (χ1) is 12.5. The summed E-state index contributed by atoms with van der Waals surface area (Å²) in [6.45, 7) is 2.12. The lowest BCUT2D eigenvalue weighted by atomic mass is 9.81. The molecule has 0 radical (unpaired) electrons. The Morgan fingerprint density at radius 3 is 2.62 bits per heavy atom. The fraction of sp³-hybridized carbons (Fsp3) is 0.421. The summed E-state index contributed by atoms with van der Waals surface area (Å²) in [5, 5.41) is 8.72. The Kier molecular flexibility index (Phi) is 4.26. The van der Waals surface area contributed by atoms with Gasteiger partial charge in [-0.1, -0.05) is 30.8 Å². The van der Waals surface area contributed by atoms with Gasteiger partial charge >= 0.3 is 0 Å². The van der Waals surface area contributed by atoms with Gasteiger partial charge in [-0.3, -0.25) is 4.79 Å². The third-order valence-corrected chi connectivity index (χ3v) is 5.55. The molecule has 2 atom stereocenters. The summed E-state index contributed by atoms with van der Waals surface area (Å²) in [5.41, 5.74) is 4.03. The Balaban J connectivity index is 1.85. The zero-order chi connectivity index (χ0) is 18.4. The highest BCUT2D eigenvalue weighted by Gasteiger charge is 2.38. The van der Waals surface area contributed by atoms with Crippen LogP contribution in [0.25, 0.3) is 0 Å². The van der Waals surface area contributed by atoms with E-state index in [0.717, 1.165) is 34.9 Å². The molecule has 0 saturated carbocycles. The molecule has 0 bridgehead atoms. The molecule has 7 heteroatoms. The van der Waals surface area contributed by atoms with Crippen molar-refractivity contribution in [1.82, 2.24) is 14.8 Å². The molecule has 2 aromatic rings. The highest BCUT2D eigenvalue weighted by molar-refractivity contribution is 7.98. The van der Waals surface area contributed by atoms with Crippen molar-refractivity contribution in [3.8, 4) is 0 Å². The molecule has 1 aromatic carbocycles. The molecule has 1 N–H and O–H groups in total. The van der Waals surface area contributed by atoms with E-state index < -0.39 is 0 Å². The first-order valence-corrected chi connectivity index (χ1v) is 10.0. The molecule has 26 heavy (non-hydrogen) atoms. The van der Waals surface area contributed by atoms with Crippen LogP contribution in [-0.4, -0.2) is 40.9 Å². The average molecular weight is 369 g/mol. The smallest absolute Gasteiger partial charge is 0.227 e. The number of allylic oxidation sites excluding steroid dienone is 2. The van der Waals surface area contributed by atoms with Crippen LogP contribution in [0.3, 0.4) is 0 Å². The van der Waals surface area contributed by atoms with Crippen LogP contribution in [0.5, 0.6) is 0 Å². The molecule has 2 unspecified atom stereocenters. The fourth-order valence-electron chi connectivity index (χ4n) is 3.74. The predicted molar refractivity (Wildman–Crippen MR) is 105 cm³/mol. The summed E-state index contributed by atoms with van der Waals surface area (Å²) in [4.78, 5) is 19.6. The number of aromatic nitrogens is 3. The lowest BCUT2D eigenvalue weighted by molar-refractivity contribution is -0.117. The number of hydrogen-bond acceptors (Lipinski definition) is 6. The molecule has 136 valence electrons. The second kappa shape index (κ2) is 6.46. The Hall–Kier alpha value is -2.28. The van der Waals surface area contributed by atoms with Gasteiger partial charge in [-0.2, -0.15) is 4.98 Å². The number of nitrogens with zero attached hydrogens (tertiary/aromatic N) is 4. The monoisotopic (exact) mass is 369 g/mol. The first-order valence-electron chi connectivity index (χ1n) is 8.79. The van der Waals surface area contributed by atoms with Crippen molar-refractivity contribution in [2.45, 2.75) is 31.0 Å². The predicted octanol–water partition coefficient (Wildman–Crippen LogP) is 3.33. The van der Waals surface area contributed by atoms with Crippen LogP contribution in [0.15, 0.2) is 40.7 Å². The Bertz CT molecular complexity index is 884. The van der Waals surface area contributed by atoms with Crippen LogP contribution in [-0.2, 0) is 4.79 Å². The van der Waals surface area contributed by atoms with Crippen molar-refractivity contribution in [3.63, 3.8) is 0 Å². The summed E-state index contributed by atoms with van der Waals surface area (Å²) < 4.78 is 1.86. The maximum atomic E-state index is 12.9. The number of carbonyl (C=O) groups is 1. The SMILES string of the molecule is CSc1nc2n(n1)C(c1ccc(N(C)C)cc1)C1=C(CC(C)CC1=O)N2. The van der Waals surface area contributed by atoms with E-state index in [-0.39, 0.29) is 11.8 Å². The van der Waals surface area contributed by atoms with Gasteiger partial charge in [-0.05, 0) is 36.3 Å². The van der Waals surface area contributed by atoms with Crippen LogP contribution in [0.2, 0.25) is 0 Å². The Labute approximate surface area is 157 Å². The maximum absolute atomic E-state index is 12.9. The third-order valence-electron chi connectivity index (χ3n) is 5.01. The minimum absolute atomic E-state index is 0.208. The number of anilines is 2. The van der Waals surface area contributed by atoms with Gasteiger partial charge in [-0.25, -0.2) is 4.68 Å². The topological polar surface area (TPSA) is 63.1 Å². The summed E-state index contributed by atoms with van der Waals surface area (Å²) in [6.07, 6.45) is 3.42. The molecule has 4 rings (SSSR count). The van der Waals surface area contributed by atoms with Gasteiger partial charge in [0.2, 0.25) is 11.1 Å². The van der Waals surface area contributed by atoms with Crippen molar-refractivity contribution < 1.29 is 4.79 Å². The number of nitrogens with one attached hydrogen (secondary N) is 1. The number of ketones is 1. The number of fused-ring (bicyclic) bond motifs is 1. The molecule has 0 amide bonds. The summed E-state index contributed by atoms with van der Waals surface area (Å²) >= 11 is 1.51. The van der Waals surface area contributed by atoms with Gasteiger partial charge in [0.25, 0.3) is 0 Å². The van der Waals surface area contributed by atoms with Gasteiger partial charge in [0.05, 0.1) is 0 Å². The van der Waals surface area contributed by atoms with Gasteiger partial charge in [0.1, 0.15) is 6.04 Å². The number of Topliss-reactive ketones (excluding diaryl/α,β-unsaturated/α-hetero) is 1. The van der Waals surface area contributed by atoms with E-state index in [1.807, 2.05) is 25.0 Å². The van der Waals surface area contributed by atoms with E-state index in [2.05, 4.69) is 51.5 Å². The highest BCUT2D eigenvalue weighted by atomic mass is 32.2. The van der Waals surface area contributed by atoms with Crippen LogP contribution in [0.4, 0.5) is 11.6 Å². The van der Waals surface area contributed by atoms with Crippen LogP contribution in [0.1, 0.15) is 31.4 Å². The van der Waals surface area contributed by atoms with Crippen LogP contribution < -0.4 is 10.2 Å². The molecule has 0 saturated heterocycles. The van der Waals surface area contributed by atoms with Crippen molar-refractivity contribution in [2.75, 3.05) is 30.6 Å². The largest absolute Gasteiger partial charge is 0.378 e. The summed E-state index contributed by atoms with van der Waals surface area (Å²) in [5.74, 6) is 1.27. The van der Waals surface area contributed by atoms with Crippen molar-refractivity contribution >= 4 is 29.2 Å². The molecular weight excluding hydrogens is 346 g/mol. The standard InChI is InChI=1S/C19H23N5OS/c1-11-9-14-16(15(25)10-11)17(12-5-7-13(8-6-12)23(2)3)24-18(20-14)21-19(22-24)26-4/h5-8,11,17H,9-10H2,1-4H3,(H,20,21,22). The number of rotatable bonds is 3. The highest BCUT2D eigenvalue weighted by Crippen LogP contribution is 2.41. The quantitative estimate of drug-likeness (QED) is 0.838. The van der Waals surface area contributed by atoms with Gasteiger partial charge < -0.3 is 10.2 Å². The lowest BCUT2D eigenvalue weighted by Crippen LogP contribution is -2.33. The molecule has 1 aromatic heterocycles. The Morgan fingerprint density at radius 2 is 1.96 bits per heavy atom. The normalized spacial score (nSPS) is 21.9. The summed E-state index contributed by atoms with van der Waals surface area (Å²) in [6, 6.07) is 8.13. The maximum Gasteiger partial charge on any atom is 0.227 e. The lowest BCUT2D eigenvalue weighted by Gasteiger charge is -2.34. The van der Waals surface area contributed by atoms with Crippen molar-refractivity contribution in [3.05, 3.63) is 41.1 Å². The molecule has 1 aliphatic heterocycles. The number of hydrogen-bond donors (Lipinski definition) is 1. The van der Waals surface area contributed by atoms with E-state index in [4.69, 9.17) is 0 Å². The van der Waals surface area contributed by atoms with Gasteiger partial charge in [0.15, 0.2) is 5.78 Å². The number of benzene rings is 1. The third kappa shape index (κ3) is 2.80. The van der Waals surface area contributed by atoms with Gasteiger partial charge in [-0.15, -0.1) is 5.10 Å².